The quantitative estimate of drug-likeness (QED) is 0.118. The van der Waals surface area contributed by atoms with E-state index in [4.69, 9.17) is 0 Å². The van der Waals surface area contributed by atoms with Crippen LogP contribution in [0.2, 0.25) is 0 Å². The summed E-state index contributed by atoms with van der Waals surface area (Å²) in [6.45, 7) is 0. The second kappa shape index (κ2) is 13.9. The molecule has 0 fully saturated rings. The Kier molecular flexibility index (Phi) is 8.33. The summed E-state index contributed by atoms with van der Waals surface area (Å²) in [5, 5.41) is 5.01. The molecule has 9 aromatic carbocycles. The fourth-order valence-corrected chi connectivity index (χ4v) is 7.49. The van der Waals surface area contributed by atoms with E-state index >= 15 is 0 Å². The van der Waals surface area contributed by atoms with Crippen LogP contribution in [-0.2, 0) is 0 Å². The van der Waals surface area contributed by atoms with Crippen LogP contribution in [0.1, 0.15) is 11.1 Å². The van der Waals surface area contributed by atoms with E-state index in [2.05, 4.69) is 218 Å². The summed E-state index contributed by atoms with van der Waals surface area (Å²) in [5.41, 5.74) is 14.6. The van der Waals surface area contributed by atoms with Gasteiger partial charge >= 0.3 is 0 Å². The lowest BCUT2D eigenvalue weighted by Gasteiger charge is -2.19. The molecular weight excluding hydrogens is 625 g/mol. The monoisotopic (exact) mass is 660 g/mol. The lowest BCUT2D eigenvalue weighted by molar-refractivity contribution is 1.58. The van der Waals surface area contributed by atoms with Crippen LogP contribution in [0, 0.1) is 0 Å². The van der Waals surface area contributed by atoms with Crippen molar-refractivity contribution in [2.24, 2.45) is 0 Å². The molecule has 0 unspecified atom stereocenters. The zero-order valence-electron chi connectivity index (χ0n) is 28.8. The predicted octanol–water partition coefficient (Wildman–Crippen LogP) is 14.5. The van der Waals surface area contributed by atoms with E-state index in [0.717, 1.165) is 0 Å². The topological polar surface area (TPSA) is 0 Å². The average Bonchev–Trinajstić information content (AvgIpc) is 3.23. The Bertz CT molecular complexity index is 2550. The number of rotatable bonds is 7. The molecule has 0 aliphatic heterocycles. The minimum absolute atomic E-state index is 1.17. The molecule has 0 aliphatic carbocycles. The Morgan fingerprint density at radius 3 is 0.904 bits per heavy atom. The molecule has 0 heterocycles. The summed E-state index contributed by atoms with van der Waals surface area (Å²) in [7, 11) is 0. The lowest BCUT2D eigenvalue weighted by Crippen LogP contribution is -1.92. The minimum atomic E-state index is 1.17. The normalized spacial score (nSPS) is 11.4. The smallest absolute Gasteiger partial charge is 0.00259 e. The first-order valence-corrected chi connectivity index (χ1v) is 17.9. The Balaban J connectivity index is 1.14. The van der Waals surface area contributed by atoms with Crippen LogP contribution in [0.3, 0.4) is 0 Å². The van der Waals surface area contributed by atoms with Crippen LogP contribution in [0.5, 0.6) is 0 Å². The minimum Gasteiger partial charge on any atom is -0.0622 e. The van der Waals surface area contributed by atoms with Crippen LogP contribution in [0.4, 0.5) is 0 Å². The van der Waals surface area contributed by atoms with Gasteiger partial charge in [-0.2, -0.15) is 0 Å². The maximum Gasteiger partial charge on any atom is -0.00259 e. The van der Waals surface area contributed by atoms with E-state index in [0.29, 0.717) is 0 Å². The van der Waals surface area contributed by atoms with Crippen LogP contribution in [0.15, 0.2) is 206 Å². The molecule has 0 nitrogen and oxygen atoms in total. The first-order chi connectivity index (χ1) is 25.8. The first-order valence-electron chi connectivity index (χ1n) is 17.9. The molecule has 0 heteroatoms. The molecule has 0 saturated carbocycles. The van der Waals surface area contributed by atoms with E-state index in [9.17, 15) is 0 Å². The highest BCUT2D eigenvalue weighted by Gasteiger charge is 2.18. The number of hydrogen-bond donors (Lipinski definition) is 0. The van der Waals surface area contributed by atoms with Crippen LogP contribution >= 0.6 is 0 Å². The average molecular weight is 661 g/mol. The molecule has 0 N–H and O–H groups in total. The van der Waals surface area contributed by atoms with Gasteiger partial charge in [-0.05, 0) is 107 Å². The van der Waals surface area contributed by atoms with E-state index in [1.54, 1.807) is 0 Å². The third-order valence-corrected chi connectivity index (χ3v) is 10.1. The van der Waals surface area contributed by atoms with E-state index in [-0.39, 0.29) is 0 Å². The zero-order valence-corrected chi connectivity index (χ0v) is 28.8. The second-order valence-electron chi connectivity index (χ2n) is 13.3. The highest BCUT2D eigenvalue weighted by atomic mass is 14.2. The van der Waals surface area contributed by atoms with Gasteiger partial charge in [-0.15, -0.1) is 0 Å². The van der Waals surface area contributed by atoms with Gasteiger partial charge in [0, 0.05) is 0 Å². The van der Waals surface area contributed by atoms with Gasteiger partial charge in [0.25, 0.3) is 0 Å². The molecule has 0 aliphatic rings. The molecule has 0 amide bonds. The fourth-order valence-electron chi connectivity index (χ4n) is 7.49. The van der Waals surface area contributed by atoms with Crippen molar-refractivity contribution >= 4 is 33.7 Å². The van der Waals surface area contributed by atoms with Gasteiger partial charge in [0.2, 0.25) is 0 Å². The van der Waals surface area contributed by atoms with Gasteiger partial charge in [0.05, 0.1) is 0 Å². The molecule has 0 radical (unpaired) electrons. The van der Waals surface area contributed by atoms with Gasteiger partial charge in [-0.3, -0.25) is 0 Å². The SMILES string of the molecule is C(=C\c1ccc(-c2c3ccccc3c(-c3cc(-c4ccccc4)cc(-c4ccccc4)c3)c3ccccc23)cc1)/c1ccc(-c2ccccc2)cc1. The van der Waals surface area contributed by atoms with E-state index in [1.165, 1.54) is 88.3 Å². The Morgan fingerprint density at radius 2 is 0.500 bits per heavy atom. The zero-order chi connectivity index (χ0) is 34.7. The fraction of sp³-hybridized carbons (Fsp3) is 0. The molecule has 0 bridgehead atoms. The predicted molar refractivity (Wildman–Crippen MR) is 224 cm³/mol. The highest BCUT2D eigenvalue weighted by Crippen LogP contribution is 2.45. The summed E-state index contributed by atoms with van der Waals surface area (Å²) < 4.78 is 0. The van der Waals surface area contributed by atoms with Crippen molar-refractivity contribution in [3.63, 3.8) is 0 Å². The van der Waals surface area contributed by atoms with Crippen molar-refractivity contribution in [1.82, 2.24) is 0 Å². The summed E-state index contributed by atoms with van der Waals surface area (Å²) in [6.07, 6.45) is 4.39. The van der Waals surface area contributed by atoms with Crippen LogP contribution in [0.25, 0.3) is 89.3 Å². The Hall–Kier alpha value is -6.76. The summed E-state index contributed by atoms with van der Waals surface area (Å²) in [5.74, 6) is 0. The molecule has 52 heavy (non-hydrogen) atoms. The third kappa shape index (κ3) is 6.12. The number of benzene rings is 9. The first kappa shape index (κ1) is 31.2. The maximum atomic E-state index is 2.37. The molecule has 9 rings (SSSR count). The summed E-state index contributed by atoms with van der Waals surface area (Å²) in [4.78, 5) is 0. The van der Waals surface area contributed by atoms with Crippen molar-refractivity contribution < 1.29 is 0 Å². The van der Waals surface area contributed by atoms with Crippen LogP contribution in [-0.4, -0.2) is 0 Å². The van der Waals surface area contributed by atoms with Crippen molar-refractivity contribution in [1.29, 1.82) is 0 Å². The highest BCUT2D eigenvalue weighted by molar-refractivity contribution is 6.21. The number of fused-ring (bicyclic) bond motifs is 2. The molecule has 0 saturated heterocycles. The molecule has 0 aromatic heterocycles. The van der Waals surface area contributed by atoms with E-state index in [1.807, 2.05) is 0 Å². The van der Waals surface area contributed by atoms with E-state index < -0.39 is 0 Å². The molecule has 0 atom stereocenters. The third-order valence-electron chi connectivity index (χ3n) is 10.1. The van der Waals surface area contributed by atoms with Gasteiger partial charge in [0.15, 0.2) is 0 Å². The summed E-state index contributed by atoms with van der Waals surface area (Å²) in [6, 6.07) is 74.6. The van der Waals surface area contributed by atoms with Crippen LogP contribution < -0.4 is 0 Å². The molecule has 9 aromatic rings. The van der Waals surface area contributed by atoms with Gasteiger partial charge in [-0.1, -0.05) is 200 Å². The maximum absolute atomic E-state index is 2.37. The van der Waals surface area contributed by atoms with Gasteiger partial charge in [0.1, 0.15) is 0 Å². The van der Waals surface area contributed by atoms with Crippen molar-refractivity contribution in [3.05, 3.63) is 217 Å². The molecule has 0 spiro atoms. The lowest BCUT2D eigenvalue weighted by atomic mass is 9.84. The van der Waals surface area contributed by atoms with Gasteiger partial charge in [-0.25, -0.2) is 0 Å². The largest absolute Gasteiger partial charge is 0.0622 e. The standard InChI is InChI=1S/C52H36/c1-4-14-39(15-5-1)42-30-26-37(27-31-42)24-25-38-28-32-43(33-29-38)51-47-20-10-12-22-49(47)52(50-23-13-11-21-48(50)51)46-35-44(40-16-6-2-7-17-40)34-45(36-46)41-18-8-3-9-19-41/h1-36H/b25-24+. The molecular formula is C52H36. The van der Waals surface area contributed by atoms with Gasteiger partial charge < -0.3 is 0 Å². The van der Waals surface area contributed by atoms with Crippen molar-refractivity contribution in [3.8, 4) is 55.6 Å². The Morgan fingerprint density at radius 1 is 0.212 bits per heavy atom. The second-order valence-corrected chi connectivity index (χ2v) is 13.3. The van der Waals surface area contributed by atoms with Crippen molar-refractivity contribution in [2.45, 2.75) is 0 Å². The molecule has 244 valence electrons. The summed E-state index contributed by atoms with van der Waals surface area (Å²) >= 11 is 0. The Labute approximate surface area is 305 Å². The van der Waals surface area contributed by atoms with Crippen molar-refractivity contribution in [2.75, 3.05) is 0 Å². The number of hydrogen-bond acceptors (Lipinski definition) is 0.